The van der Waals surface area contributed by atoms with Crippen LogP contribution in [0.4, 0.5) is 0 Å². The van der Waals surface area contributed by atoms with Gasteiger partial charge in [-0.05, 0) is 0 Å². The molecule has 0 aromatic carbocycles. The van der Waals surface area contributed by atoms with Crippen molar-refractivity contribution in [3.8, 4) is 0 Å². The van der Waals surface area contributed by atoms with Gasteiger partial charge in [0, 0.05) is 0 Å². The Hall–Kier alpha value is 7.11. The molecule has 0 saturated heterocycles. The predicted molar refractivity (Wildman–Crippen MR) is 20.6 cm³/mol. The number of hydrogen-bond acceptors (Lipinski definition) is 0. The first kappa shape index (κ1) is 2850. The third-order valence-electron chi connectivity index (χ3n) is 0. The number of hydrogen-bond donors (Lipinski definition) is 0. The van der Waals surface area contributed by atoms with Gasteiger partial charge < -0.3 is 164 Å². The van der Waals surface area contributed by atoms with Crippen LogP contribution < -0.4 is 0 Å². The van der Waals surface area contributed by atoms with Gasteiger partial charge >= 0.3 is 273 Å². The zero-order chi connectivity index (χ0) is 0. The van der Waals surface area contributed by atoms with Crippen LogP contribution in [-0.2, 0) is 437 Å². The zero-order valence-corrected chi connectivity index (χ0v) is 35.6. The van der Waals surface area contributed by atoms with Gasteiger partial charge in [-0.1, -0.05) is 0 Å². The van der Waals surface area contributed by atoms with Gasteiger partial charge in [0.05, 0.1) is 0 Å². The molecule has 0 spiro atoms. The van der Waals surface area contributed by atoms with Crippen molar-refractivity contribution >= 4 is 0 Å². The maximum Gasteiger partial charge on any atom is 3.00 e. The van der Waals surface area contributed by atoms with Crippen LogP contribution in [0.2, 0.25) is 0 Å². The summed E-state index contributed by atoms with van der Waals surface area (Å²) >= 11 is 0. The SMILES string of the molecule is [Fe+3].[Fe+3].[Fe+3].[Fe+3].[Fe+3].[Fe+3].[Fe+3].[Fe+3].[Fe+3].[Fe+3].[Fe+3].[Fe+3].[Fe+3].[Fe+3].[Fe+3].[Fe+3].[O-2].[O-2].[O-2].[O-2].[O-2].[O-2].[O-2].[O-2].[O-2].[O-2].[O-2].[O-2].[O-2].[O-2].[O-2].[O-2].[O-2].[O-2].[O-2].[O-2].[O-2].[O-2].[O-2].[O-2].[O-2].[O-2].[O-2].[O-2].[O-2].[O-2]. The molecular weight excluding hydrogens is 1370 g/mol. The van der Waals surface area contributed by atoms with E-state index in [0.717, 1.165) is 0 Å². The smallest absolute Gasteiger partial charge is 2.00 e. The van der Waals surface area contributed by atoms with Gasteiger partial charge in [0.2, 0.25) is 0 Å². The Balaban J connectivity index is 0. The summed E-state index contributed by atoms with van der Waals surface area (Å²) in [5.74, 6) is 0. The maximum atomic E-state index is 0. The summed E-state index contributed by atoms with van der Waals surface area (Å²) in [7, 11) is 0. The Bertz CT molecular complexity index is 42.9. The average molecular weight is 1370 g/mol. The van der Waals surface area contributed by atoms with Crippen molar-refractivity contribution in [2.45, 2.75) is 0 Å². The second-order valence-corrected chi connectivity index (χ2v) is 0. The fourth-order valence-corrected chi connectivity index (χ4v) is 0. The van der Waals surface area contributed by atoms with E-state index in [2.05, 4.69) is 0 Å². The Morgan fingerprint density at radius 1 is 0.0435 bits per heavy atom. The summed E-state index contributed by atoms with van der Waals surface area (Å²) in [5, 5.41) is 0. The molecule has 0 aliphatic rings. The molecule has 16 radical (unpaired) electrons. The van der Waals surface area contributed by atoms with Crippen LogP contribution >= 0.6 is 0 Å². The van der Waals surface area contributed by atoms with Crippen LogP contribution in [-0.4, -0.2) is 0 Å². The molecule has 46 heavy (non-hydrogen) atoms. The van der Waals surface area contributed by atoms with E-state index in [1.807, 2.05) is 0 Å². The molecule has 0 fully saturated rings. The molecule has 0 heterocycles. The average Bonchev–Trinajstić information content (AvgIpc) is 0. The summed E-state index contributed by atoms with van der Waals surface area (Å²) in [4.78, 5) is 0. The van der Waals surface area contributed by atoms with Gasteiger partial charge in [-0.25, -0.2) is 0 Å². The van der Waals surface area contributed by atoms with Crippen molar-refractivity contribution < 1.29 is 437 Å². The first-order valence-electron chi connectivity index (χ1n) is 0. The van der Waals surface area contributed by atoms with Gasteiger partial charge in [0.1, 0.15) is 0 Å². The summed E-state index contributed by atoms with van der Waals surface area (Å²) in [6.07, 6.45) is 0. The molecule has 0 rings (SSSR count). The third kappa shape index (κ3) is 2540. The minimum absolute atomic E-state index is 0. The fraction of sp³-hybridized carbons (Fsp3) is 0. The fourth-order valence-electron chi connectivity index (χ4n) is 0. The van der Waals surface area contributed by atoms with Crippen molar-refractivity contribution in [1.82, 2.24) is 0 Å². The van der Waals surface area contributed by atoms with Crippen molar-refractivity contribution in [2.24, 2.45) is 0 Å². The van der Waals surface area contributed by atoms with Crippen molar-refractivity contribution in [2.75, 3.05) is 0 Å². The van der Waals surface area contributed by atoms with Crippen LogP contribution in [0.3, 0.4) is 0 Å². The van der Waals surface area contributed by atoms with Crippen LogP contribution in [0.1, 0.15) is 0 Å². The summed E-state index contributed by atoms with van der Waals surface area (Å²) in [6.45, 7) is 0. The quantitative estimate of drug-likeness (QED) is 0.212. The van der Waals surface area contributed by atoms with Crippen LogP contribution in [0.25, 0.3) is 0 Å². The van der Waals surface area contributed by atoms with E-state index < -0.39 is 0 Å². The molecule has 46 heteroatoms. The maximum absolute atomic E-state index is 0. The van der Waals surface area contributed by atoms with E-state index in [1.54, 1.807) is 0 Å². The topological polar surface area (TPSA) is 855 Å². The first-order valence-corrected chi connectivity index (χ1v) is 0. The van der Waals surface area contributed by atoms with E-state index in [9.17, 15) is 0 Å². The van der Waals surface area contributed by atoms with Crippen LogP contribution in [0.15, 0.2) is 0 Å². The molecule has 0 aliphatic carbocycles. The minimum Gasteiger partial charge on any atom is -2.00 e. The molecular formula is Fe16O30-12. The normalized spacial score (nSPS) is 0. The minimum atomic E-state index is 0. The van der Waals surface area contributed by atoms with Gasteiger partial charge in [-0.15, -0.1) is 0 Å². The van der Waals surface area contributed by atoms with Gasteiger partial charge in [0.25, 0.3) is 0 Å². The Morgan fingerprint density at radius 3 is 0.0435 bits per heavy atom. The van der Waals surface area contributed by atoms with E-state index >= 15 is 0 Å². The summed E-state index contributed by atoms with van der Waals surface area (Å²) in [6, 6.07) is 0. The molecule has 30 nitrogen and oxygen atoms in total. The number of rotatable bonds is 0. The summed E-state index contributed by atoms with van der Waals surface area (Å²) < 4.78 is 0. The van der Waals surface area contributed by atoms with Crippen molar-refractivity contribution in [3.05, 3.63) is 0 Å². The molecule has 0 N–H and O–H groups in total. The monoisotopic (exact) mass is 1370 g/mol. The Morgan fingerprint density at radius 2 is 0.0435 bits per heavy atom. The molecule has 320 valence electrons. The van der Waals surface area contributed by atoms with E-state index in [0.29, 0.717) is 0 Å². The molecule has 0 aromatic heterocycles. The standard InChI is InChI=1S/16Fe.30O/q16*+3;30*-2. The molecule has 0 bridgehead atoms. The third-order valence-corrected chi connectivity index (χ3v) is 0. The largest absolute Gasteiger partial charge is 3.00 e. The van der Waals surface area contributed by atoms with Gasteiger partial charge in [-0.3, -0.25) is 0 Å². The molecule has 0 saturated carbocycles. The van der Waals surface area contributed by atoms with Gasteiger partial charge in [0.15, 0.2) is 0 Å². The van der Waals surface area contributed by atoms with Crippen LogP contribution in [0, 0.1) is 0 Å². The van der Waals surface area contributed by atoms with E-state index in [4.69, 9.17) is 0 Å². The predicted octanol–water partition coefficient (Wildman–Crippen LogP) is -3.60. The first-order chi connectivity index (χ1) is 0. The van der Waals surface area contributed by atoms with Gasteiger partial charge in [-0.2, -0.15) is 0 Å². The molecule has 0 atom stereocenters. The summed E-state index contributed by atoms with van der Waals surface area (Å²) in [5.41, 5.74) is 0. The molecule has 0 amide bonds. The Labute approximate surface area is 431 Å². The van der Waals surface area contributed by atoms with Crippen molar-refractivity contribution in [3.63, 3.8) is 0 Å². The van der Waals surface area contributed by atoms with Crippen molar-refractivity contribution in [1.29, 1.82) is 0 Å². The molecule has 0 aliphatic heterocycles. The molecule has 0 aromatic rings. The zero-order valence-electron chi connectivity index (χ0n) is 17.9. The second kappa shape index (κ2) is 2690. The Kier molecular flexibility index (Phi) is 167000. The second-order valence-electron chi connectivity index (χ2n) is 0. The molecule has 0 unspecified atom stereocenters. The van der Waals surface area contributed by atoms with E-state index in [1.165, 1.54) is 0 Å². The van der Waals surface area contributed by atoms with E-state index in [-0.39, 0.29) is 437 Å². The van der Waals surface area contributed by atoms with Crippen LogP contribution in [0.5, 0.6) is 0 Å².